The van der Waals surface area contributed by atoms with Gasteiger partial charge in [-0.05, 0) is 30.5 Å². The third-order valence-corrected chi connectivity index (χ3v) is 5.07. The zero-order chi connectivity index (χ0) is 24.4. The van der Waals surface area contributed by atoms with Crippen LogP contribution in [0.5, 0.6) is 5.75 Å². The molecule has 0 bridgehead atoms. The number of rotatable bonds is 12. The van der Waals surface area contributed by atoms with Gasteiger partial charge in [0.25, 0.3) is 0 Å². The number of phenols is 1. The normalized spacial score (nSPS) is 15.5. The van der Waals surface area contributed by atoms with Crippen LogP contribution in [0.4, 0.5) is 0 Å². The summed E-state index contributed by atoms with van der Waals surface area (Å²) in [4.78, 5) is 48.8. The number of hydrogen-bond acceptors (Lipinski definition) is 7. The molecule has 0 fully saturated rings. The molecule has 11 heteroatoms. The zero-order valence-electron chi connectivity index (χ0n) is 18.4. The molecule has 0 aliphatic heterocycles. The van der Waals surface area contributed by atoms with E-state index in [0.29, 0.717) is 12.0 Å². The Balaban J connectivity index is 2.89. The fourth-order valence-electron chi connectivity index (χ4n) is 2.78. The average molecular weight is 453 g/mol. The highest BCUT2D eigenvalue weighted by Gasteiger charge is 2.31. The molecule has 0 radical (unpaired) electrons. The average Bonchev–Trinajstić information content (AvgIpc) is 2.76. The molecule has 1 aromatic carbocycles. The zero-order valence-corrected chi connectivity index (χ0v) is 18.4. The highest BCUT2D eigenvalue weighted by Crippen LogP contribution is 2.13. The number of nitrogens with two attached hydrogens (primary N) is 1. The van der Waals surface area contributed by atoms with Crippen LogP contribution in [0.1, 0.15) is 32.8 Å². The summed E-state index contributed by atoms with van der Waals surface area (Å²) in [5, 5.41) is 35.2. The van der Waals surface area contributed by atoms with Crippen molar-refractivity contribution in [3.63, 3.8) is 0 Å². The number of phenolic OH excluding ortho intramolecular Hbond substituents is 1. The van der Waals surface area contributed by atoms with E-state index in [1.807, 2.05) is 6.92 Å². The summed E-state index contributed by atoms with van der Waals surface area (Å²) in [7, 11) is 0. The number of benzene rings is 1. The number of aliphatic hydroxyl groups excluding tert-OH is 1. The van der Waals surface area contributed by atoms with E-state index in [4.69, 9.17) is 10.8 Å². The number of carbonyl (C=O) groups is 4. The highest BCUT2D eigenvalue weighted by molar-refractivity contribution is 5.94. The van der Waals surface area contributed by atoms with Gasteiger partial charge in [0, 0.05) is 6.42 Å². The van der Waals surface area contributed by atoms with E-state index in [0.717, 1.165) is 0 Å². The van der Waals surface area contributed by atoms with Gasteiger partial charge in [-0.1, -0.05) is 32.4 Å². The van der Waals surface area contributed by atoms with Crippen molar-refractivity contribution >= 4 is 23.7 Å². The van der Waals surface area contributed by atoms with Gasteiger partial charge in [-0.15, -0.1) is 0 Å². The first kappa shape index (κ1) is 26.9. The molecule has 11 nitrogen and oxygen atoms in total. The van der Waals surface area contributed by atoms with E-state index < -0.39 is 54.5 Å². The van der Waals surface area contributed by atoms with Crippen LogP contribution in [-0.4, -0.2) is 69.8 Å². The molecule has 0 aliphatic rings. The van der Waals surface area contributed by atoms with Gasteiger partial charge in [-0.2, -0.15) is 0 Å². The highest BCUT2D eigenvalue weighted by atomic mass is 16.4. The number of aromatic hydroxyl groups is 1. The number of hydrogen-bond donors (Lipinski definition) is 7. The molecular weight excluding hydrogens is 420 g/mol. The molecule has 1 aromatic rings. The van der Waals surface area contributed by atoms with Crippen LogP contribution in [0, 0.1) is 5.92 Å². The second kappa shape index (κ2) is 12.6. The fourth-order valence-corrected chi connectivity index (χ4v) is 2.78. The SMILES string of the molecule is CCC(C)C(NC(=O)C(C)NC(=O)C(N)CO)C(=O)NC(Cc1ccc(O)cc1)C(=O)O. The number of carboxylic acid groups (broad SMARTS) is 1. The Labute approximate surface area is 186 Å². The third-order valence-electron chi connectivity index (χ3n) is 5.07. The molecule has 3 amide bonds. The summed E-state index contributed by atoms with van der Waals surface area (Å²) in [5.41, 5.74) is 6.01. The van der Waals surface area contributed by atoms with Crippen molar-refractivity contribution in [1.82, 2.24) is 16.0 Å². The maximum absolute atomic E-state index is 12.9. The molecule has 0 heterocycles. The number of amides is 3. The lowest BCUT2D eigenvalue weighted by atomic mass is 9.97. The van der Waals surface area contributed by atoms with Crippen molar-refractivity contribution < 1.29 is 34.5 Å². The molecule has 0 aliphatic carbocycles. The first-order chi connectivity index (χ1) is 15.0. The van der Waals surface area contributed by atoms with Crippen LogP contribution >= 0.6 is 0 Å². The van der Waals surface area contributed by atoms with Gasteiger partial charge < -0.3 is 37.0 Å². The van der Waals surface area contributed by atoms with Crippen LogP contribution in [0.3, 0.4) is 0 Å². The molecule has 178 valence electrons. The van der Waals surface area contributed by atoms with Gasteiger partial charge >= 0.3 is 5.97 Å². The minimum Gasteiger partial charge on any atom is -0.508 e. The lowest BCUT2D eigenvalue weighted by molar-refractivity contribution is -0.142. The number of aliphatic hydroxyl groups is 1. The van der Waals surface area contributed by atoms with Crippen molar-refractivity contribution in [1.29, 1.82) is 0 Å². The summed E-state index contributed by atoms with van der Waals surface area (Å²) < 4.78 is 0. The van der Waals surface area contributed by atoms with Gasteiger partial charge in [0.2, 0.25) is 17.7 Å². The Morgan fingerprint density at radius 2 is 1.56 bits per heavy atom. The monoisotopic (exact) mass is 452 g/mol. The summed E-state index contributed by atoms with van der Waals surface area (Å²) in [6.07, 6.45) is 0.498. The fraction of sp³-hybridized carbons (Fsp3) is 0.524. The van der Waals surface area contributed by atoms with Crippen molar-refractivity contribution in [2.24, 2.45) is 11.7 Å². The van der Waals surface area contributed by atoms with Crippen molar-refractivity contribution in [2.75, 3.05) is 6.61 Å². The summed E-state index contributed by atoms with van der Waals surface area (Å²) in [5.74, 6) is -3.60. The number of carboxylic acids is 1. The van der Waals surface area contributed by atoms with Crippen molar-refractivity contribution in [3.8, 4) is 5.75 Å². The topological polar surface area (TPSA) is 191 Å². The minimum absolute atomic E-state index is 0.0198. The predicted molar refractivity (Wildman–Crippen MR) is 115 cm³/mol. The maximum Gasteiger partial charge on any atom is 0.326 e. The van der Waals surface area contributed by atoms with Crippen LogP contribution in [0.2, 0.25) is 0 Å². The number of nitrogens with one attached hydrogen (secondary N) is 3. The van der Waals surface area contributed by atoms with Crippen LogP contribution in [0.15, 0.2) is 24.3 Å². The van der Waals surface area contributed by atoms with Gasteiger partial charge in [0.1, 0.15) is 29.9 Å². The number of aliphatic carboxylic acids is 1. The first-order valence-electron chi connectivity index (χ1n) is 10.3. The number of carbonyl (C=O) groups excluding carboxylic acids is 3. The van der Waals surface area contributed by atoms with E-state index in [1.165, 1.54) is 19.1 Å². The van der Waals surface area contributed by atoms with E-state index in [2.05, 4.69) is 16.0 Å². The van der Waals surface area contributed by atoms with Gasteiger partial charge in [0.05, 0.1) is 6.61 Å². The smallest absolute Gasteiger partial charge is 0.326 e. The molecule has 8 N–H and O–H groups in total. The van der Waals surface area contributed by atoms with E-state index in [9.17, 15) is 29.4 Å². The van der Waals surface area contributed by atoms with Gasteiger partial charge in [-0.3, -0.25) is 14.4 Å². The van der Waals surface area contributed by atoms with Crippen molar-refractivity contribution in [3.05, 3.63) is 29.8 Å². The van der Waals surface area contributed by atoms with Crippen LogP contribution in [-0.2, 0) is 25.6 Å². The van der Waals surface area contributed by atoms with Crippen LogP contribution in [0.25, 0.3) is 0 Å². The lowest BCUT2D eigenvalue weighted by Gasteiger charge is -2.27. The molecule has 5 unspecified atom stereocenters. The summed E-state index contributed by atoms with van der Waals surface area (Å²) >= 11 is 0. The molecule has 0 saturated carbocycles. The molecule has 32 heavy (non-hydrogen) atoms. The largest absolute Gasteiger partial charge is 0.508 e. The summed E-state index contributed by atoms with van der Waals surface area (Å²) in [6.45, 7) is 4.35. The third kappa shape index (κ3) is 8.16. The Hall–Kier alpha value is -3.18. The van der Waals surface area contributed by atoms with E-state index >= 15 is 0 Å². The Kier molecular flexibility index (Phi) is 10.6. The second-order valence-corrected chi connectivity index (χ2v) is 7.66. The molecule has 1 rings (SSSR count). The molecular formula is C21H32N4O7. The molecule has 0 saturated heterocycles. The van der Waals surface area contributed by atoms with E-state index in [1.54, 1.807) is 19.1 Å². The second-order valence-electron chi connectivity index (χ2n) is 7.66. The van der Waals surface area contributed by atoms with Crippen molar-refractivity contribution in [2.45, 2.75) is 57.8 Å². The Morgan fingerprint density at radius 1 is 0.969 bits per heavy atom. The summed E-state index contributed by atoms with van der Waals surface area (Å²) in [6, 6.07) is 1.41. The van der Waals surface area contributed by atoms with Gasteiger partial charge in [0.15, 0.2) is 0 Å². The lowest BCUT2D eigenvalue weighted by Crippen LogP contribution is -2.58. The quantitative estimate of drug-likeness (QED) is 0.207. The standard InChI is InChI=1S/C21H32N4O7/c1-4-11(2)17(25-18(28)12(3)23-19(29)15(22)10-26)20(30)24-16(21(31)32)9-13-5-7-14(27)8-6-13/h5-8,11-12,15-17,26-27H,4,9-10,22H2,1-3H3,(H,23,29)(H,24,30)(H,25,28)(H,31,32). The van der Waals surface area contributed by atoms with Gasteiger partial charge in [-0.25, -0.2) is 4.79 Å². The minimum atomic E-state index is -1.25. The molecule has 0 aromatic heterocycles. The Morgan fingerprint density at radius 3 is 2.06 bits per heavy atom. The van der Waals surface area contributed by atoms with Crippen LogP contribution < -0.4 is 21.7 Å². The predicted octanol–water partition coefficient (Wildman–Crippen LogP) is -1.14. The Bertz CT molecular complexity index is 800. The van der Waals surface area contributed by atoms with E-state index in [-0.39, 0.29) is 18.1 Å². The first-order valence-corrected chi connectivity index (χ1v) is 10.3. The maximum atomic E-state index is 12.9. The molecule has 0 spiro atoms. The molecule has 5 atom stereocenters.